The third-order valence-corrected chi connectivity index (χ3v) is 5.82. The molecule has 0 spiro atoms. The summed E-state index contributed by atoms with van der Waals surface area (Å²) in [6.45, 7) is 1.04. The minimum Gasteiger partial charge on any atom is -0.458 e. The van der Waals surface area contributed by atoms with E-state index in [4.69, 9.17) is 4.74 Å². The number of halogens is 1. The minimum absolute atomic E-state index is 0.139. The summed E-state index contributed by atoms with van der Waals surface area (Å²) in [5, 5.41) is 0.754. The van der Waals surface area contributed by atoms with Gasteiger partial charge >= 0.3 is 5.97 Å². The van der Waals surface area contributed by atoms with Crippen molar-refractivity contribution in [3.63, 3.8) is 0 Å². The average molecular weight is 398 g/mol. The van der Waals surface area contributed by atoms with Crippen molar-refractivity contribution in [2.75, 3.05) is 13.1 Å². The Kier molecular flexibility index (Phi) is 5.34. The van der Waals surface area contributed by atoms with E-state index in [0.717, 1.165) is 21.6 Å². The number of carbonyl (C=O) groups is 2. The van der Waals surface area contributed by atoms with Crippen LogP contribution in [0.5, 0.6) is 0 Å². The number of carbonyl (C=O) groups excluding carboxylic acids is 2. The van der Waals surface area contributed by atoms with Crippen molar-refractivity contribution >= 4 is 33.4 Å². The second-order valence-electron chi connectivity index (χ2n) is 6.78. The molecule has 7 heteroatoms. The standard InChI is InChI=1S/C21H19FN2O3S/c22-16-9-7-14(8-10-16)20(25)24-11-3-4-15(12-24)21(26)27-13-19-23-17-5-1-2-6-18(17)28-19/h1-2,5-10,15H,3-4,11-13H2. The van der Waals surface area contributed by atoms with Crippen molar-refractivity contribution in [3.8, 4) is 0 Å². The van der Waals surface area contributed by atoms with E-state index in [2.05, 4.69) is 4.98 Å². The van der Waals surface area contributed by atoms with Crippen molar-refractivity contribution < 1.29 is 18.7 Å². The van der Waals surface area contributed by atoms with Gasteiger partial charge in [-0.15, -0.1) is 11.3 Å². The molecule has 1 unspecified atom stereocenters. The summed E-state index contributed by atoms with van der Waals surface area (Å²) in [6, 6.07) is 13.2. The summed E-state index contributed by atoms with van der Waals surface area (Å²) in [4.78, 5) is 31.2. The van der Waals surface area contributed by atoms with Gasteiger partial charge in [0.25, 0.3) is 5.91 Å². The van der Waals surface area contributed by atoms with Crippen molar-refractivity contribution in [2.45, 2.75) is 19.4 Å². The number of esters is 1. The first kappa shape index (κ1) is 18.6. The zero-order valence-corrected chi connectivity index (χ0v) is 16.0. The molecule has 1 aromatic heterocycles. The largest absolute Gasteiger partial charge is 0.458 e. The van der Waals surface area contributed by atoms with Crippen LogP contribution in [0.15, 0.2) is 48.5 Å². The van der Waals surface area contributed by atoms with Crippen LogP contribution in [0.1, 0.15) is 28.2 Å². The summed E-state index contributed by atoms with van der Waals surface area (Å²) in [6.07, 6.45) is 1.42. The molecule has 1 saturated heterocycles. The van der Waals surface area contributed by atoms with E-state index < -0.39 is 0 Å². The Morgan fingerprint density at radius 2 is 1.96 bits per heavy atom. The fourth-order valence-electron chi connectivity index (χ4n) is 3.36. The van der Waals surface area contributed by atoms with E-state index in [9.17, 15) is 14.0 Å². The summed E-state index contributed by atoms with van der Waals surface area (Å²) in [5.41, 5.74) is 1.32. The van der Waals surface area contributed by atoms with E-state index in [-0.39, 0.29) is 30.2 Å². The van der Waals surface area contributed by atoms with Crippen molar-refractivity contribution in [1.29, 1.82) is 0 Å². The van der Waals surface area contributed by atoms with Crippen LogP contribution >= 0.6 is 11.3 Å². The fraction of sp³-hybridized carbons (Fsp3) is 0.286. The maximum absolute atomic E-state index is 13.1. The second-order valence-corrected chi connectivity index (χ2v) is 7.90. The van der Waals surface area contributed by atoms with Gasteiger partial charge in [0.1, 0.15) is 17.4 Å². The first-order valence-corrected chi connectivity index (χ1v) is 9.98. The molecule has 28 heavy (non-hydrogen) atoms. The number of ether oxygens (including phenoxy) is 1. The summed E-state index contributed by atoms with van der Waals surface area (Å²) in [7, 11) is 0. The highest BCUT2D eigenvalue weighted by Gasteiger charge is 2.30. The second kappa shape index (κ2) is 8.06. The molecule has 1 fully saturated rings. The predicted octanol–water partition coefficient (Wildman–Crippen LogP) is 4.03. The normalized spacial score (nSPS) is 16.9. The molecule has 3 aromatic rings. The SMILES string of the molecule is O=C(OCc1nc2ccccc2s1)C1CCCN(C(=O)c2ccc(F)cc2)C1. The highest BCUT2D eigenvalue weighted by molar-refractivity contribution is 7.18. The molecule has 4 rings (SSSR count). The topological polar surface area (TPSA) is 59.5 Å². The van der Waals surface area contributed by atoms with Crippen LogP contribution in [0.4, 0.5) is 4.39 Å². The third-order valence-electron chi connectivity index (χ3n) is 4.81. The third kappa shape index (κ3) is 4.04. The number of fused-ring (bicyclic) bond motifs is 1. The Morgan fingerprint density at radius 1 is 1.18 bits per heavy atom. The van der Waals surface area contributed by atoms with Crippen LogP contribution in [0.25, 0.3) is 10.2 Å². The van der Waals surface area contributed by atoms with Crippen molar-refractivity contribution in [3.05, 3.63) is 64.9 Å². The maximum Gasteiger partial charge on any atom is 0.311 e. The van der Waals surface area contributed by atoms with Gasteiger partial charge in [-0.1, -0.05) is 12.1 Å². The van der Waals surface area contributed by atoms with Crippen LogP contribution in [-0.4, -0.2) is 34.8 Å². The highest BCUT2D eigenvalue weighted by atomic mass is 32.1. The summed E-state index contributed by atoms with van der Waals surface area (Å²) < 4.78 is 19.6. The molecule has 1 aliphatic heterocycles. The number of hydrogen-bond donors (Lipinski definition) is 0. The molecule has 144 valence electrons. The number of thiazole rings is 1. The Hall–Kier alpha value is -2.80. The number of hydrogen-bond acceptors (Lipinski definition) is 5. The molecule has 0 N–H and O–H groups in total. The van der Waals surface area contributed by atoms with Gasteiger partial charge in [-0.25, -0.2) is 9.37 Å². The van der Waals surface area contributed by atoms with Gasteiger partial charge in [-0.2, -0.15) is 0 Å². The predicted molar refractivity (Wildman–Crippen MR) is 104 cm³/mol. The minimum atomic E-state index is -0.383. The van der Waals surface area contributed by atoms with E-state index in [1.807, 2.05) is 24.3 Å². The monoisotopic (exact) mass is 398 g/mol. The Morgan fingerprint density at radius 3 is 2.75 bits per heavy atom. The number of likely N-dealkylation sites (tertiary alicyclic amines) is 1. The van der Waals surface area contributed by atoms with Crippen LogP contribution in [0.3, 0.4) is 0 Å². The lowest BCUT2D eigenvalue weighted by Gasteiger charge is -2.31. The highest BCUT2D eigenvalue weighted by Crippen LogP contribution is 2.24. The lowest BCUT2D eigenvalue weighted by atomic mass is 9.97. The van der Waals surface area contributed by atoms with Gasteiger partial charge in [0.05, 0.1) is 16.1 Å². The number of benzene rings is 2. The molecule has 2 aromatic carbocycles. The Balaban J connectivity index is 1.36. The molecular formula is C21H19FN2O3S. The molecule has 1 aliphatic rings. The number of piperidine rings is 1. The molecule has 0 saturated carbocycles. The maximum atomic E-state index is 13.1. The van der Waals surface area contributed by atoms with Gasteiger partial charge < -0.3 is 9.64 Å². The molecule has 0 aliphatic carbocycles. The lowest BCUT2D eigenvalue weighted by molar-refractivity contribution is -0.151. The lowest BCUT2D eigenvalue weighted by Crippen LogP contribution is -2.42. The van der Waals surface area contributed by atoms with E-state index in [0.29, 0.717) is 25.1 Å². The van der Waals surface area contributed by atoms with Gasteiger partial charge in [-0.05, 0) is 49.2 Å². The molecule has 5 nitrogen and oxygen atoms in total. The fourth-order valence-corrected chi connectivity index (χ4v) is 4.24. The van der Waals surface area contributed by atoms with Gasteiger partial charge in [0.2, 0.25) is 0 Å². The molecule has 0 radical (unpaired) electrons. The van der Waals surface area contributed by atoms with Gasteiger partial charge in [-0.3, -0.25) is 9.59 Å². The van der Waals surface area contributed by atoms with E-state index in [1.165, 1.54) is 35.6 Å². The van der Waals surface area contributed by atoms with Gasteiger partial charge in [0, 0.05) is 18.7 Å². The molecule has 0 bridgehead atoms. The zero-order valence-electron chi connectivity index (χ0n) is 15.1. The number of para-hydroxylation sites is 1. The van der Waals surface area contributed by atoms with Crippen LogP contribution < -0.4 is 0 Å². The van der Waals surface area contributed by atoms with Gasteiger partial charge in [0.15, 0.2) is 0 Å². The Bertz CT molecular complexity index is 969. The number of amides is 1. The van der Waals surface area contributed by atoms with Crippen LogP contribution in [0, 0.1) is 11.7 Å². The van der Waals surface area contributed by atoms with E-state index in [1.54, 1.807) is 4.90 Å². The summed E-state index contributed by atoms with van der Waals surface area (Å²) >= 11 is 1.51. The van der Waals surface area contributed by atoms with Crippen molar-refractivity contribution in [2.24, 2.45) is 5.92 Å². The Labute approximate surface area is 165 Å². The first-order valence-electron chi connectivity index (χ1n) is 9.16. The molecule has 1 amide bonds. The van der Waals surface area contributed by atoms with Crippen molar-refractivity contribution in [1.82, 2.24) is 9.88 Å². The quantitative estimate of drug-likeness (QED) is 0.623. The average Bonchev–Trinajstić information content (AvgIpc) is 3.15. The zero-order chi connectivity index (χ0) is 19.5. The molecule has 2 heterocycles. The van der Waals surface area contributed by atoms with Crippen LogP contribution in [0.2, 0.25) is 0 Å². The molecular weight excluding hydrogens is 379 g/mol. The number of nitrogens with zero attached hydrogens (tertiary/aromatic N) is 2. The number of rotatable bonds is 4. The van der Waals surface area contributed by atoms with E-state index >= 15 is 0 Å². The first-order chi connectivity index (χ1) is 13.6. The van der Waals surface area contributed by atoms with Crippen LogP contribution in [-0.2, 0) is 16.1 Å². The number of aromatic nitrogens is 1. The smallest absolute Gasteiger partial charge is 0.311 e. The molecule has 1 atom stereocenters. The summed E-state index contributed by atoms with van der Waals surface area (Å²) in [5.74, 6) is -1.24.